The number of rotatable bonds is 2. The highest BCUT2D eigenvalue weighted by Gasteiger charge is 2.23. The van der Waals surface area contributed by atoms with Crippen LogP contribution in [-0.2, 0) is 0 Å². The lowest BCUT2D eigenvalue weighted by Crippen LogP contribution is -2.38. The van der Waals surface area contributed by atoms with E-state index in [0.29, 0.717) is 11.6 Å². The molecule has 0 unspecified atom stereocenters. The van der Waals surface area contributed by atoms with Gasteiger partial charge in [-0.1, -0.05) is 6.92 Å². The van der Waals surface area contributed by atoms with Crippen LogP contribution in [-0.4, -0.2) is 34.8 Å². The molecule has 0 spiro atoms. The van der Waals surface area contributed by atoms with Gasteiger partial charge in [0.1, 0.15) is 5.69 Å². The number of carbonyl (C=O) groups is 2. The van der Waals surface area contributed by atoms with E-state index >= 15 is 0 Å². The van der Waals surface area contributed by atoms with Gasteiger partial charge in [0.25, 0.3) is 11.8 Å². The zero-order valence-electron chi connectivity index (χ0n) is 9.68. The Morgan fingerprint density at radius 1 is 1.47 bits per heavy atom. The molecule has 92 valence electrons. The van der Waals surface area contributed by atoms with Crippen molar-refractivity contribution in [1.82, 2.24) is 9.88 Å². The average molecular weight is 253 g/mol. The van der Waals surface area contributed by atoms with Crippen LogP contribution in [0.1, 0.15) is 40.1 Å². The van der Waals surface area contributed by atoms with Gasteiger partial charge in [0.2, 0.25) is 0 Å². The van der Waals surface area contributed by atoms with Crippen LogP contribution in [0, 0.1) is 5.92 Å². The Hall–Kier alpha value is -1.43. The highest BCUT2D eigenvalue weighted by molar-refractivity contribution is 7.11. The van der Waals surface area contributed by atoms with E-state index in [1.807, 2.05) is 0 Å². The maximum Gasteiger partial charge on any atom is 0.277 e. The van der Waals surface area contributed by atoms with Crippen molar-refractivity contribution < 1.29 is 9.59 Å². The first-order chi connectivity index (χ1) is 8.08. The number of likely N-dealkylation sites (tertiary alicyclic amines) is 1. The first kappa shape index (κ1) is 12.0. The van der Waals surface area contributed by atoms with E-state index in [4.69, 9.17) is 5.73 Å². The van der Waals surface area contributed by atoms with E-state index in [9.17, 15) is 9.59 Å². The molecule has 0 aliphatic carbocycles. The molecule has 2 heterocycles. The fourth-order valence-corrected chi connectivity index (χ4v) is 2.50. The van der Waals surface area contributed by atoms with E-state index in [2.05, 4.69) is 11.9 Å². The van der Waals surface area contributed by atoms with Gasteiger partial charge in [0.15, 0.2) is 5.01 Å². The minimum atomic E-state index is -0.582. The van der Waals surface area contributed by atoms with Crippen molar-refractivity contribution in [3.63, 3.8) is 0 Å². The van der Waals surface area contributed by atoms with Crippen molar-refractivity contribution in [2.24, 2.45) is 11.7 Å². The van der Waals surface area contributed by atoms with Gasteiger partial charge in [-0.05, 0) is 18.8 Å². The van der Waals surface area contributed by atoms with Crippen LogP contribution in [0.5, 0.6) is 0 Å². The van der Waals surface area contributed by atoms with Crippen molar-refractivity contribution >= 4 is 23.2 Å². The van der Waals surface area contributed by atoms with Crippen molar-refractivity contribution in [2.75, 3.05) is 13.1 Å². The lowest BCUT2D eigenvalue weighted by Gasteiger charge is -2.29. The summed E-state index contributed by atoms with van der Waals surface area (Å²) < 4.78 is 0. The number of aromatic nitrogens is 1. The molecule has 1 aliphatic rings. The van der Waals surface area contributed by atoms with Gasteiger partial charge in [-0.3, -0.25) is 9.59 Å². The van der Waals surface area contributed by atoms with Crippen LogP contribution < -0.4 is 5.73 Å². The molecule has 1 saturated heterocycles. The Morgan fingerprint density at radius 2 is 2.12 bits per heavy atom. The third kappa shape index (κ3) is 2.63. The fraction of sp³-hybridized carbons (Fsp3) is 0.545. The van der Waals surface area contributed by atoms with E-state index in [-0.39, 0.29) is 10.9 Å². The van der Waals surface area contributed by atoms with Gasteiger partial charge in [0, 0.05) is 18.5 Å². The van der Waals surface area contributed by atoms with Crippen LogP contribution >= 0.6 is 11.3 Å². The second kappa shape index (κ2) is 4.83. The molecule has 2 amide bonds. The Balaban J connectivity index is 2.06. The summed E-state index contributed by atoms with van der Waals surface area (Å²) in [5.41, 5.74) is 5.44. The van der Waals surface area contributed by atoms with E-state index < -0.39 is 5.91 Å². The molecule has 0 radical (unpaired) electrons. The summed E-state index contributed by atoms with van der Waals surface area (Å²) in [4.78, 5) is 28.7. The minimum absolute atomic E-state index is 0.0966. The number of hydrogen-bond donors (Lipinski definition) is 1. The summed E-state index contributed by atoms with van der Waals surface area (Å²) >= 11 is 1.12. The summed E-state index contributed by atoms with van der Waals surface area (Å²) in [5.74, 6) is -0.00219. The number of thiazole rings is 1. The van der Waals surface area contributed by atoms with Crippen LogP contribution in [0.4, 0.5) is 0 Å². The van der Waals surface area contributed by atoms with Crippen LogP contribution in [0.25, 0.3) is 0 Å². The largest absolute Gasteiger partial charge is 0.364 e. The summed E-state index contributed by atoms with van der Waals surface area (Å²) in [5, 5.41) is 1.79. The van der Waals surface area contributed by atoms with Crippen LogP contribution in [0.15, 0.2) is 5.38 Å². The van der Waals surface area contributed by atoms with Crippen molar-refractivity contribution in [3.8, 4) is 0 Å². The van der Waals surface area contributed by atoms with Crippen LogP contribution in [0.2, 0.25) is 0 Å². The molecule has 1 aromatic rings. The lowest BCUT2D eigenvalue weighted by atomic mass is 9.99. The SMILES string of the molecule is CC1CCN(C(=O)c2csc(C(N)=O)n2)CC1. The number of carbonyl (C=O) groups excluding carboxylic acids is 2. The maximum atomic E-state index is 12.1. The second-order valence-electron chi connectivity index (χ2n) is 4.38. The second-order valence-corrected chi connectivity index (χ2v) is 5.23. The van der Waals surface area contributed by atoms with Gasteiger partial charge < -0.3 is 10.6 Å². The maximum absolute atomic E-state index is 12.1. The van der Waals surface area contributed by atoms with E-state index in [1.165, 1.54) is 0 Å². The van der Waals surface area contributed by atoms with E-state index in [0.717, 1.165) is 37.3 Å². The topological polar surface area (TPSA) is 76.3 Å². The highest BCUT2D eigenvalue weighted by Crippen LogP contribution is 2.19. The molecule has 17 heavy (non-hydrogen) atoms. The first-order valence-corrected chi connectivity index (χ1v) is 6.50. The number of nitrogens with zero attached hydrogens (tertiary/aromatic N) is 2. The Morgan fingerprint density at radius 3 is 2.65 bits per heavy atom. The Labute approximate surface area is 104 Å². The van der Waals surface area contributed by atoms with Crippen LogP contribution in [0.3, 0.4) is 0 Å². The fourth-order valence-electron chi connectivity index (χ4n) is 1.86. The van der Waals surface area contributed by atoms with Crippen molar-refractivity contribution in [2.45, 2.75) is 19.8 Å². The Bertz CT molecular complexity index is 436. The first-order valence-electron chi connectivity index (χ1n) is 5.62. The summed E-state index contributed by atoms with van der Waals surface area (Å²) in [6, 6.07) is 0. The number of piperidine rings is 1. The van der Waals surface area contributed by atoms with Crippen molar-refractivity contribution in [3.05, 3.63) is 16.1 Å². The summed E-state index contributed by atoms with van der Waals surface area (Å²) in [7, 11) is 0. The van der Waals surface area contributed by atoms with E-state index in [1.54, 1.807) is 10.3 Å². The number of primary amides is 1. The molecule has 1 aromatic heterocycles. The smallest absolute Gasteiger partial charge is 0.277 e. The third-order valence-corrected chi connectivity index (χ3v) is 3.86. The third-order valence-electron chi connectivity index (χ3n) is 3.00. The predicted octanol–water partition coefficient (Wildman–Crippen LogP) is 1.11. The van der Waals surface area contributed by atoms with Gasteiger partial charge >= 0.3 is 0 Å². The standard InChI is InChI=1S/C11H15N3O2S/c1-7-2-4-14(5-3-7)11(16)8-6-17-10(13-8)9(12)15/h6-7H,2-5H2,1H3,(H2,12,15). The molecule has 0 bridgehead atoms. The zero-order valence-corrected chi connectivity index (χ0v) is 10.5. The van der Waals surface area contributed by atoms with Gasteiger partial charge in [-0.2, -0.15) is 0 Å². The predicted molar refractivity (Wildman–Crippen MR) is 64.9 cm³/mol. The molecule has 1 aliphatic heterocycles. The molecule has 0 atom stereocenters. The normalized spacial score (nSPS) is 17.1. The number of amides is 2. The number of nitrogens with two attached hydrogens (primary N) is 1. The molecule has 0 aromatic carbocycles. The van der Waals surface area contributed by atoms with Gasteiger partial charge in [-0.15, -0.1) is 11.3 Å². The molecular formula is C11H15N3O2S. The molecule has 6 heteroatoms. The molecule has 1 fully saturated rings. The molecule has 0 saturated carbocycles. The average Bonchev–Trinajstić information content (AvgIpc) is 2.78. The monoisotopic (exact) mass is 253 g/mol. The minimum Gasteiger partial charge on any atom is -0.364 e. The Kier molecular flexibility index (Phi) is 3.42. The molecule has 2 N–H and O–H groups in total. The zero-order chi connectivity index (χ0) is 12.4. The summed E-state index contributed by atoms with van der Waals surface area (Å²) in [6.07, 6.45) is 2.05. The van der Waals surface area contributed by atoms with Gasteiger partial charge in [0.05, 0.1) is 0 Å². The van der Waals surface area contributed by atoms with Crippen molar-refractivity contribution in [1.29, 1.82) is 0 Å². The van der Waals surface area contributed by atoms with Gasteiger partial charge in [-0.25, -0.2) is 4.98 Å². The number of hydrogen-bond acceptors (Lipinski definition) is 4. The molecular weight excluding hydrogens is 238 g/mol. The molecule has 2 rings (SSSR count). The molecule has 5 nitrogen and oxygen atoms in total. The quantitative estimate of drug-likeness (QED) is 0.858. The highest BCUT2D eigenvalue weighted by atomic mass is 32.1. The lowest BCUT2D eigenvalue weighted by molar-refractivity contribution is 0.0692. The summed E-state index contributed by atoms with van der Waals surface area (Å²) in [6.45, 7) is 3.72.